The van der Waals surface area contributed by atoms with Crippen LogP contribution < -0.4 is 0 Å². The molecule has 1 aromatic carbocycles. The van der Waals surface area contributed by atoms with Gasteiger partial charge >= 0.3 is 5.97 Å². The lowest BCUT2D eigenvalue weighted by molar-refractivity contribution is -0.131. The molecular formula is C20H22N2O3. The quantitative estimate of drug-likeness (QED) is 0.910. The Labute approximate surface area is 147 Å². The summed E-state index contributed by atoms with van der Waals surface area (Å²) in [4.78, 5) is 29.4. The number of hydrogen-bond donors (Lipinski definition) is 1. The van der Waals surface area contributed by atoms with Crippen LogP contribution in [0, 0.1) is 5.92 Å². The van der Waals surface area contributed by atoms with Gasteiger partial charge in [0.2, 0.25) is 5.91 Å². The van der Waals surface area contributed by atoms with Crippen molar-refractivity contribution in [1.82, 2.24) is 9.88 Å². The van der Waals surface area contributed by atoms with Gasteiger partial charge in [-0.3, -0.25) is 9.78 Å². The number of piperidine rings is 1. The first-order valence-corrected chi connectivity index (χ1v) is 8.61. The van der Waals surface area contributed by atoms with Crippen LogP contribution in [0.1, 0.15) is 34.3 Å². The van der Waals surface area contributed by atoms with Crippen molar-refractivity contribution in [3.63, 3.8) is 0 Å². The maximum atomic E-state index is 12.4. The van der Waals surface area contributed by atoms with Crippen LogP contribution in [0.3, 0.4) is 0 Å². The maximum absolute atomic E-state index is 12.4. The summed E-state index contributed by atoms with van der Waals surface area (Å²) < 4.78 is 0. The molecule has 1 aliphatic rings. The standard InChI is InChI=1S/C20H22N2O3/c23-19(13-17-4-2-8-21-14-17)22-9-6-15(7-10-22)11-16-3-1-5-18(12-16)20(24)25/h1-5,8,12,14-15H,6-7,9-11,13H2,(H,24,25). The summed E-state index contributed by atoms with van der Waals surface area (Å²) in [5, 5.41) is 9.08. The van der Waals surface area contributed by atoms with E-state index in [0.717, 1.165) is 43.5 Å². The fraction of sp³-hybridized carbons (Fsp3) is 0.350. The summed E-state index contributed by atoms with van der Waals surface area (Å²) in [6.07, 6.45) is 6.62. The van der Waals surface area contributed by atoms with Crippen molar-refractivity contribution in [2.75, 3.05) is 13.1 Å². The Balaban J connectivity index is 1.51. The van der Waals surface area contributed by atoms with Crippen molar-refractivity contribution in [3.05, 3.63) is 65.5 Å². The summed E-state index contributed by atoms with van der Waals surface area (Å²) in [6, 6.07) is 10.9. The van der Waals surface area contributed by atoms with Crippen molar-refractivity contribution in [3.8, 4) is 0 Å². The fourth-order valence-electron chi connectivity index (χ4n) is 3.34. The fourth-order valence-corrected chi connectivity index (χ4v) is 3.34. The van der Waals surface area contributed by atoms with E-state index in [1.807, 2.05) is 23.1 Å². The molecule has 0 unspecified atom stereocenters. The third kappa shape index (κ3) is 4.66. The highest BCUT2D eigenvalue weighted by Gasteiger charge is 2.23. The number of pyridine rings is 1. The number of carboxylic acids is 1. The van der Waals surface area contributed by atoms with Gasteiger partial charge in [-0.05, 0) is 54.5 Å². The number of benzene rings is 1. The average Bonchev–Trinajstić information content (AvgIpc) is 2.63. The van der Waals surface area contributed by atoms with E-state index in [0.29, 0.717) is 17.9 Å². The van der Waals surface area contributed by atoms with Crippen LogP contribution in [0.25, 0.3) is 0 Å². The van der Waals surface area contributed by atoms with E-state index in [9.17, 15) is 9.59 Å². The molecule has 1 aliphatic heterocycles. The van der Waals surface area contributed by atoms with Gasteiger partial charge in [-0.15, -0.1) is 0 Å². The summed E-state index contributed by atoms with van der Waals surface area (Å²) >= 11 is 0. The number of carbonyl (C=O) groups excluding carboxylic acids is 1. The van der Waals surface area contributed by atoms with Gasteiger partial charge in [-0.1, -0.05) is 18.2 Å². The molecule has 1 N–H and O–H groups in total. The van der Waals surface area contributed by atoms with Crippen LogP contribution >= 0.6 is 0 Å². The Morgan fingerprint density at radius 1 is 1.12 bits per heavy atom. The van der Waals surface area contributed by atoms with Crippen LogP contribution in [-0.2, 0) is 17.6 Å². The zero-order valence-corrected chi connectivity index (χ0v) is 14.1. The van der Waals surface area contributed by atoms with Gasteiger partial charge in [0.25, 0.3) is 0 Å². The number of aromatic carboxylic acids is 1. The number of nitrogens with zero attached hydrogens (tertiary/aromatic N) is 2. The topological polar surface area (TPSA) is 70.5 Å². The number of aromatic nitrogens is 1. The van der Waals surface area contributed by atoms with E-state index < -0.39 is 5.97 Å². The minimum Gasteiger partial charge on any atom is -0.478 e. The molecule has 5 heteroatoms. The van der Waals surface area contributed by atoms with Crippen molar-refractivity contribution < 1.29 is 14.7 Å². The number of carboxylic acid groups (broad SMARTS) is 1. The van der Waals surface area contributed by atoms with Crippen molar-refractivity contribution in [2.45, 2.75) is 25.7 Å². The van der Waals surface area contributed by atoms with E-state index >= 15 is 0 Å². The van der Waals surface area contributed by atoms with Gasteiger partial charge in [0.15, 0.2) is 0 Å². The number of amides is 1. The molecule has 2 heterocycles. The molecule has 0 saturated carbocycles. The third-order valence-corrected chi connectivity index (χ3v) is 4.74. The molecule has 3 rings (SSSR count). The maximum Gasteiger partial charge on any atom is 0.335 e. The Kier molecular flexibility index (Phi) is 5.43. The zero-order valence-electron chi connectivity index (χ0n) is 14.1. The summed E-state index contributed by atoms with van der Waals surface area (Å²) in [5.74, 6) is -0.247. The van der Waals surface area contributed by atoms with E-state index in [2.05, 4.69) is 4.98 Å². The van der Waals surface area contributed by atoms with Crippen molar-refractivity contribution in [1.29, 1.82) is 0 Å². The van der Waals surface area contributed by atoms with Gasteiger partial charge in [0.05, 0.1) is 12.0 Å². The average molecular weight is 338 g/mol. The predicted octanol–water partition coefficient (Wildman–Crippen LogP) is 2.80. The molecule has 1 aromatic heterocycles. The smallest absolute Gasteiger partial charge is 0.335 e. The normalized spacial score (nSPS) is 15.1. The molecular weight excluding hydrogens is 316 g/mol. The first-order valence-electron chi connectivity index (χ1n) is 8.61. The van der Waals surface area contributed by atoms with E-state index in [1.165, 1.54) is 0 Å². The van der Waals surface area contributed by atoms with Crippen molar-refractivity contribution >= 4 is 11.9 Å². The Bertz CT molecular complexity index is 738. The molecule has 2 aromatic rings. The van der Waals surface area contributed by atoms with E-state index in [4.69, 9.17) is 5.11 Å². The Hall–Kier alpha value is -2.69. The van der Waals surface area contributed by atoms with E-state index in [1.54, 1.807) is 30.6 Å². The van der Waals surface area contributed by atoms with Crippen LogP contribution in [0.5, 0.6) is 0 Å². The molecule has 0 aliphatic carbocycles. The van der Waals surface area contributed by atoms with Gasteiger partial charge in [-0.25, -0.2) is 4.79 Å². The molecule has 0 spiro atoms. The second-order valence-electron chi connectivity index (χ2n) is 6.57. The van der Waals surface area contributed by atoms with Gasteiger partial charge < -0.3 is 10.0 Å². The monoisotopic (exact) mass is 338 g/mol. The minimum absolute atomic E-state index is 0.152. The molecule has 1 saturated heterocycles. The first kappa shape index (κ1) is 17.1. The number of carbonyl (C=O) groups is 2. The van der Waals surface area contributed by atoms with Gasteiger partial charge in [0, 0.05) is 25.5 Å². The van der Waals surface area contributed by atoms with Crippen LogP contribution in [0.15, 0.2) is 48.8 Å². The Morgan fingerprint density at radius 3 is 2.56 bits per heavy atom. The summed E-state index contributed by atoms with van der Waals surface area (Å²) in [5.41, 5.74) is 2.33. The third-order valence-electron chi connectivity index (χ3n) is 4.74. The molecule has 130 valence electrons. The van der Waals surface area contributed by atoms with Crippen LogP contribution in [-0.4, -0.2) is 40.0 Å². The largest absolute Gasteiger partial charge is 0.478 e. The van der Waals surface area contributed by atoms with Crippen LogP contribution in [0.4, 0.5) is 0 Å². The highest BCUT2D eigenvalue weighted by Crippen LogP contribution is 2.22. The van der Waals surface area contributed by atoms with Crippen LogP contribution in [0.2, 0.25) is 0 Å². The molecule has 5 nitrogen and oxygen atoms in total. The molecule has 1 fully saturated rings. The predicted molar refractivity (Wildman–Crippen MR) is 94.4 cm³/mol. The highest BCUT2D eigenvalue weighted by atomic mass is 16.4. The lowest BCUT2D eigenvalue weighted by atomic mass is 9.89. The first-order chi connectivity index (χ1) is 12.1. The van der Waals surface area contributed by atoms with Crippen molar-refractivity contribution in [2.24, 2.45) is 5.92 Å². The lowest BCUT2D eigenvalue weighted by Crippen LogP contribution is -2.39. The summed E-state index contributed by atoms with van der Waals surface area (Å²) in [7, 11) is 0. The molecule has 25 heavy (non-hydrogen) atoms. The SMILES string of the molecule is O=C(O)c1cccc(CC2CCN(C(=O)Cc3cccnc3)CC2)c1. The molecule has 0 atom stereocenters. The van der Waals surface area contributed by atoms with E-state index in [-0.39, 0.29) is 5.91 Å². The zero-order chi connectivity index (χ0) is 17.6. The van der Waals surface area contributed by atoms with Gasteiger partial charge in [-0.2, -0.15) is 0 Å². The Morgan fingerprint density at radius 2 is 1.88 bits per heavy atom. The second-order valence-corrected chi connectivity index (χ2v) is 6.57. The second kappa shape index (κ2) is 7.92. The molecule has 0 bridgehead atoms. The van der Waals surface area contributed by atoms with Gasteiger partial charge in [0.1, 0.15) is 0 Å². The molecule has 0 radical (unpaired) electrons. The number of rotatable bonds is 5. The number of hydrogen-bond acceptors (Lipinski definition) is 3. The highest BCUT2D eigenvalue weighted by molar-refractivity contribution is 5.87. The minimum atomic E-state index is -0.891. The lowest BCUT2D eigenvalue weighted by Gasteiger charge is -2.32. The molecule has 1 amide bonds. The number of likely N-dealkylation sites (tertiary alicyclic amines) is 1. The summed E-state index contributed by atoms with van der Waals surface area (Å²) in [6.45, 7) is 1.53.